The Bertz CT molecular complexity index is 792. The lowest BCUT2D eigenvalue weighted by atomic mass is 9.86. The van der Waals surface area contributed by atoms with Gasteiger partial charge in [-0.15, -0.1) is 0 Å². The molecule has 27 heavy (non-hydrogen) atoms. The second-order valence-corrected chi connectivity index (χ2v) is 7.29. The zero-order valence-corrected chi connectivity index (χ0v) is 15.9. The summed E-state index contributed by atoms with van der Waals surface area (Å²) in [5, 5.41) is 0. The van der Waals surface area contributed by atoms with Crippen LogP contribution < -0.4 is 0 Å². The molecule has 0 aliphatic carbocycles. The molecule has 0 spiro atoms. The van der Waals surface area contributed by atoms with Gasteiger partial charge in [0.05, 0.1) is 19.3 Å². The Morgan fingerprint density at radius 2 is 1.70 bits per heavy atom. The third-order valence-corrected chi connectivity index (χ3v) is 5.41. The molecule has 1 aliphatic rings. The van der Waals surface area contributed by atoms with E-state index in [2.05, 4.69) is 82.2 Å². The molecule has 0 radical (unpaired) electrons. The lowest BCUT2D eigenvalue weighted by Crippen LogP contribution is -2.43. The minimum Gasteiger partial charge on any atom is -0.376 e. The van der Waals surface area contributed by atoms with Gasteiger partial charge in [0.15, 0.2) is 0 Å². The molecule has 4 rings (SSSR count). The Morgan fingerprint density at radius 3 is 2.30 bits per heavy atom. The van der Waals surface area contributed by atoms with Crippen LogP contribution in [0.25, 0.3) is 0 Å². The van der Waals surface area contributed by atoms with E-state index < -0.39 is 0 Å². The lowest BCUT2D eigenvalue weighted by molar-refractivity contribution is -0.0373. The molecule has 1 fully saturated rings. The minimum atomic E-state index is 0.226. The molecule has 1 aliphatic heterocycles. The molecule has 0 N–H and O–H groups in total. The number of benzene rings is 2. The molecule has 2 aromatic carbocycles. The van der Waals surface area contributed by atoms with Gasteiger partial charge in [-0.25, -0.2) is 4.98 Å². The van der Waals surface area contributed by atoms with E-state index in [-0.39, 0.29) is 6.10 Å². The van der Waals surface area contributed by atoms with Crippen molar-refractivity contribution in [1.29, 1.82) is 0 Å². The highest BCUT2D eigenvalue weighted by Gasteiger charge is 2.26. The van der Waals surface area contributed by atoms with Gasteiger partial charge in [-0.05, 0) is 17.5 Å². The van der Waals surface area contributed by atoms with Crippen LogP contribution in [0.1, 0.15) is 29.3 Å². The van der Waals surface area contributed by atoms with Crippen molar-refractivity contribution in [2.75, 3.05) is 19.7 Å². The summed E-state index contributed by atoms with van der Waals surface area (Å²) >= 11 is 0. The maximum atomic E-state index is 6.16. The van der Waals surface area contributed by atoms with Crippen LogP contribution in [0.2, 0.25) is 0 Å². The molecule has 0 saturated carbocycles. The Labute approximate surface area is 161 Å². The van der Waals surface area contributed by atoms with E-state index >= 15 is 0 Å². The number of nitrogens with zero attached hydrogens (tertiary/aromatic N) is 3. The van der Waals surface area contributed by atoms with Gasteiger partial charge in [0, 0.05) is 38.4 Å². The van der Waals surface area contributed by atoms with Crippen molar-refractivity contribution in [2.24, 2.45) is 7.05 Å². The summed E-state index contributed by atoms with van der Waals surface area (Å²) in [7, 11) is 2.06. The van der Waals surface area contributed by atoms with E-state index in [0.29, 0.717) is 5.92 Å². The molecule has 4 nitrogen and oxygen atoms in total. The van der Waals surface area contributed by atoms with Crippen LogP contribution in [0.15, 0.2) is 73.1 Å². The molecule has 3 aromatic rings. The summed E-state index contributed by atoms with van der Waals surface area (Å²) < 4.78 is 8.26. The van der Waals surface area contributed by atoms with Crippen LogP contribution in [0, 0.1) is 0 Å². The van der Waals surface area contributed by atoms with Gasteiger partial charge in [0.1, 0.15) is 5.82 Å². The number of hydrogen-bond acceptors (Lipinski definition) is 3. The number of morpholine rings is 1. The van der Waals surface area contributed by atoms with Crippen LogP contribution in [-0.4, -0.2) is 40.3 Å². The summed E-state index contributed by atoms with van der Waals surface area (Å²) in [5.74, 6) is 1.46. The van der Waals surface area contributed by atoms with Gasteiger partial charge in [-0.2, -0.15) is 0 Å². The van der Waals surface area contributed by atoms with E-state index in [0.717, 1.165) is 38.5 Å². The maximum absolute atomic E-state index is 6.16. The smallest absolute Gasteiger partial charge is 0.122 e. The number of rotatable bonds is 6. The molecular formula is C23H27N3O. The normalized spacial score (nSPS) is 18.1. The van der Waals surface area contributed by atoms with E-state index in [4.69, 9.17) is 4.74 Å². The van der Waals surface area contributed by atoms with E-state index in [9.17, 15) is 0 Å². The van der Waals surface area contributed by atoms with Gasteiger partial charge >= 0.3 is 0 Å². The van der Waals surface area contributed by atoms with Crippen molar-refractivity contribution in [3.8, 4) is 0 Å². The number of aromatic nitrogens is 2. The molecular weight excluding hydrogens is 334 g/mol. The van der Waals surface area contributed by atoms with Crippen molar-refractivity contribution in [3.63, 3.8) is 0 Å². The predicted octanol–water partition coefficient (Wildman–Crippen LogP) is 3.84. The van der Waals surface area contributed by atoms with Crippen molar-refractivity contribution >= 4 is 0 Å². The van der Waals surface area contributed by atoms with Crippen LogP contribution >= 0.6 is 0 Å². The molecule has 140 valence electrons. The Morgan fingerprint density at radius 1 is 1.04 bits per heavy atom. The van der Waals surface area contributed by atoms with E-state index in [1.54, 1.807) is 0 Å². The standard InChI is InChI=1S/C23H27N3O/c1-25-13-12-24-23(25)18-26-14-15-27-21(17-26)16-22(19-8-4-2-5-9-19)20-10-6-3-7-11-20/h2-13,21-22H,14-18H2,1H3. The quantitative estimate of drug-likeness (QED) is 0.668. The fraction of sp³-hybridized carbons (Fsp3) is 0.348. The molecule has 2 heterocycles. The lowest BCUT2D eigenvalue weighted by Gasteiger charge is -2.34. The van der Waals surface area contributed by atoms with Gasteiger partial charge < -0.3 is 9.30 Å². The number of hydrogen-bond donors (Lipinski definition) is 0. The van der Waals surface area contributed by atoms with Crippen LogP contribution in [0.5, 0.6) is 0 Å². The second-order valence-electron chi connectivity index (χ2n) is 7.29. The zero-order chi connectivity index (χ0) is 18.5. The van der Waals surface area contributed by atoms with Gasteiger partial charge in [-0.1, -0.05) is 60.7 Å². The van der Waals surface area contributed by atoms with Gasteiger partial charge in [0.2, 0.25) is 0 Å². The summed E-state index contributed by atoms with van der Waals surface area (Å²) in [6.07, 6.45) is 5.09. The zero-order valence-electron chi connectivity index (χ0n) is 15.9. The molecule has 1 aromatic heterocycles. The first-order chi connectivity index (χ1) is 13.3. The average Bonchev–Trinajstić information content (AvgIpc) is 3.12. The third-order valence-electron chi connectivity index (χ3n) is 5.41. The van der Waals surface area contributed by atoms with Crippen molar-refractivity contribution in [3.05, 3.63) is 90.0 Å². The largest absolute Gasteiger partial charge is 0.376 e. The Kier molecular flexibility index (Phi) is 5.66. The van der Waals surface area contributed by atoms with Crippen LogP contribution in [0.3, 0.4) is 0 Å². The number of aryl methyl sites for hydroxylation is 1. The Balaban J connectivity index is 1.48. The minimum absolute atomic E-state index is 0.226. The topological polar surface area (TPSA) is 30.3 Å². The highest BCUT2D eigenvalue weighted by Crippen LogP contribution is 2.31. The van der Waals surface area contributed by atoms with Crippen molar-refractivity contribution in [2.45, 2.75) is 25.0 Å². The summed E-state index contributed by atoms with van der Waals surface area (Å²) in [4.78, 5) is 6.93. The summed E-state index contributed by atoms with van der Waals surface area (Å²) in [5.41, 5.74) is 2.71. The monoisotopic (exact) mass is 361 g/mol. The summed E-state index contributed by atoms with van der Waals surface area (Å²) in [6.45, 7) is 3.57. The molecule has 1 atom stereocenters. The highest BCUT2D eigenvalue weighted by molar-refractivity contribution is 5.32. The third kappa shape index (κ3) is 4.46. The molecule has 1 unspecified atom stereocenters. The second kappa shape index (κ2) is 8.51. The van der Waals surface area contributed by atoms with E-state index in [1.807, 2.05) is 12.4 Å². The fourth-order valence-corrected chi connectivity index (χ4v) is 3.91. The average molecular weight is 361 g/mol. The van der Waals surface area contributed by atoms with E-state index in [1.165, 1.54) is 11.1 Å². The van der Waals surface area contributed by atoms with Gasteiger partial charge in [0.25, 0.3) is 0 Å². The van der Waals surface area contributed by atoms with Crippen LogP contribution in [-0.2, 0) is 18.3 Å². The first-order valence-electron chi connectivity index (χ1n) is 9.69. The number of imidazole rings is 1. The predicted molar refractivity (Wildman–Crippen MR) is 108 cm³/mol. The fourth-order valence-electron chi connectivity index (χ4n) is 3.91. The SMILES string of the molecule is Cn1ccnc1CN1CCOC(CC(c2ccccc2)c2ccccc2)C1. The molecule has 1 saturated heterocycles. The maximum Gasteiger partial charge on any atom is 0.122 e. The molecule has 0 bridgehead atoms. The van der Waals surface area contributed by atoms with Gasteiger partial charge in [-0.3, -0.25) is 4.90 Å². The molecule has 0 amide bonds. The first-order valence-corrected chi connectivity index (χ1v) is 9.69. The molecule has 4 heteroatoms. The highest BCUT2D eigenvalue weighted by atomic mass is 16.5. The van der Waals surface area contributed by atoms with Crippen LogP contribution in [0.4, 0.5) is 0 Å². The number of ether oxygens (including phenoxy) is 1. The Hall–Kier alpha value is -2.43. The first kappa shape index (κ1) is 18.0. The van der Waals surface area contributed by atoms with Crippen molar-refractivity contribution < 1.29 is 4.74 Å². The van der Waals surface area contributed by atoms with Crippen molar-refractivity contribution in [1.82, 2.24) is 14.5 Å². The summed E-state index contributed by atoms with van der Waals surface area (Å²) in [6, 6.07) is 21.6.